The number of H-pyrrole nitrogens is 1. The van der Waals surface area contributed by atoms with Crippen molar-refractivity contribution in [2.24, 2.45) is 0 Å². The molecule has 3 heterocycles. The fraction of sp³-hybridized carbons (Fsp3) is 0.381. The van der Waals surface area contributed by atoms with Crippen molar-refractivity contribution in [3.8, 4) is 11.3 Å². The minimum atomic E-state index is -0.158. The summed E-state index contributed by atoms with van der Waals surface area (Å²) in [5.41, 5.74) is 4.74. The van der Waals surface area contributed by atoms with E-state index in [1.165, 1.54) is 5.56 Å². The molecule has 0 bridgehead atoms. The molecule has 28 heavy (non-hydrogen) atoms. The van der Waals surface area contributed by atoms with Crippen LogP contribution < -0.4 is 10.6 Å². The van der Waals surface area contributed by atoms with Crippen molar-refractivity contribution in [1.29, 1.82) is 0 Å². The molecule has 0 spiro atoms. The molecule has 0 radical (unpaired) electrons. The number of rotatable bonds is 7. The lowest BCUT2D eigenvalue weighted by Crippen LogP contribution is -2.16. The first-order chi connectivity index (χ1) is 13.8. The van der Waals surface area contributed by atoms with E-state index in [9.17, 15) is 4.79 Å². The molecule has 146 valence electrons. The average Bonchev–Trinajstić information content (AvgIpc) is 3.28. The third-order valence-electron chi connectivity index (χ3n) is 5.08. The topological polar surface area (TPSA) is 87.6 Å². The predicted octanol–water partition coefficient (Wildman–Crippen LogP) is 3.01. The molecule has 0 saturated carbocycles. The summed E-state index contributed by atoms with van der Waals surface area (Å²) in [4.78, 5) is 20.8. The average molecular weight is 378 g/mol. The lowest BCUT2D eigenvalue weighted by Gasteiger charge is -2.08. The molecule has 0 aromatic carbocycles. The summed E-state index contributed by atoms with van der Waals surface area (Å²) in [7, 11) is 0. The molecule has 3 aromatic heterocycles. The second-order valence-corrected chi connectivity index (χ2v) is 7.05. The van der Waals surface area contributed by atoms with Crippen molar-refractivity contribution < 1.29 is 4.79 Å². The second kappa shape index (κ2) is 8.39. The van der Waals surface area contributed by atoms with Gasteiger partial charge >= 0.3 is 0 Å². The molecule has 0 aliphatic heterocycles. The quantitative estimate of drug-likeness (QED) is 0.552. The number of nitrogens with zero attached hydrogens (tertiary/aromatic N) is 3. The Bertz CT molecular complexity index is 957. The normalized spacial score (nSPS) is 12.9. The Labute approximate surface area is 164 Å². The molecule has 7 nitrogen and oxygen atoms in total. The number of amides is 1. The van der Waals surface area contributed by atoms with Crippen molar-refractivity contribution in [2.45, 2.75) is 39.2 Å². The van der Waals surface area contributed by atoms with Crippen LogP contribution in [0.2, 0.25) is 0 Å². The first kappa shape index (κ1) is 18.4. The monoisotopic (exact) mass is 378 g/mol. The van der Waals surface area contributed by atoms with Crippen LogP contribution in [0.4, 0.5) is 5.82 Å². The highest BCUT2D eigenvalue weighted by molar-refractivity contribution is 6.08. The lowest BCUT2D eigenvalue weighted by atomic mass is 10.0. The fourth-order valence-electron chi connectivity index (χ4n) is 3.71. The van der Waals surface area contributed by atoms with Gasteiger partial charge in [0.2, 0.25) is 0 Å². The largest absolute Gasteiger partial charge is 0.364 e. The summed E-state index contributed by atoms with van der Waals surface area (Å²) in [6.45, 7) is 4.84. The van der Waals surface area contributed by atoms with Crippen LogP contribution in [0.25, 0.3) is 11.3 Å². The van der Waals surface area contributed by atoms with Gasteiger partial charge in [-0.3, -0.25) is 14.5 Å². The van der Waals surface area contributed by atoms with E-state index < -0.39 is 0 Å². The molecular weight excluding hydrogens is 352 g/mol. The van der Waals surface area contributed by atoms with Crippen LogP contribution in [0.3, 0.4) is 0 Å². The van der Waals surface area contributed by atoms with Crippen LogP contribution in [0.1, 0.15) is 41.4 Å². The van der Waals surface area contributed by atoms with E-state index in [0.29, 0.717) is 11.4 Å². The number of carbonyl (C=O) groups excluding carboxylic acids is 1. The van der Waals surface area contributed by atoms with Crippen LogP contribution >= 0.6 is 0 Å². The van der Waals surface area contributed by atoms with Crippen LogP contribution in [0, 0.1) is 0 Å². The molecule has 3 N–H and O–H groups in total. The Hall–Kier alpha value is -2.93. The number of nitrogens with one attached hydrogen (secondary N) is 3. The number of hydrogen-bond acceptors (Lipinski definition) is 4. The molecule has 1 aliphatic carbocycles. The zero-order chi connectivity index (χ0) is 19.3. The number of pyridine rings is 1. The van der Waals surface area contributed by atoms with Gasteiger partial charge in [-0.1, -0.05) is 13.0 Å². The van der Waals surface area contributed by atoms with E-state index >= 15 is 0 Å². The summed E-state index contributed by atoms with van der Waals surface area (Å²) < 4.78 is 1.86. The number of aromatic nitrogens is 4. The molecule has 1 aliphatic rings. The molecular formula is C21H26N6O. The van der Waals surface area contributed by atoms with Crippen LogP contribution in [-0.2, 0) is 19.4 Å². The maximum Gasteiger partial charge on any atom is 0.259 e. The number of hydrogen-bond donors (Lipinski definition) is 3. The van der Waals surface area contributed by atoms with Gasteiger partial charge < -0.3 is 15.6 Å². The van der Waals surface area contributed by atoms with E-state index in [1.54, 1.807) is 12.4 Å². The molecule has 0 unspecified atom stereocenters. The van der Waals surface area contributed by atoms with Gasteiger partial charge in [0, 0.05) is 42.5 Å². The Kier molecular flexibility index (Phi) is 5.53. The Morgan fingerprint density at radius 2 is 2.25 bits per heavy atom. The van der Waals surface area contributed by atoms with Crippen molar-refractivity contribution in [1.82, 2.24) is 25.1 Å². The van der Waals surface area contributed by atoms with E-state index in [2.05, 4.69) is 38.7 Å². The van der Waals surface area contributed by atoms with Gasteiger partial charge in [-0.25, -0.2) is 0 Å². The van der Waals surface area contributed by atoms with E-state index in [1.807, 2.05) is 23.0 Å². The van der Waals surface area contributed by atoms with Crippen molar-refractivity contribution in [2.75, 3.05) is 18.4 Å². The second-order valence-electron chi connectivity index (χ2n) is 7.05. The van der Waals surface area contributed by atoms with Crippen molar-refractivity contribution >= 4 is 11.7 Å². The van der Waals surface area contributed by atoms with Crippen LogP contribution in [-0.4, -0.2) is 38.7 Å². The third kappa shape index (κ3) is 3.84. The Morgan fingerprint density at radius 3 is 3.14 bits per heavy atom. The maximum absolute atomic E-state index is 13.0. The first-order valence-corrected chi connectivity index (χ1v) is 9.96. The number of aryl methyl sites for hydroxylation is 3. The van der Waals surface area contributed by atoms with Crippen molar-refractivity contribution in [3.63, 3.8) is 0 Å². The number of carbonyl (C=O) groups is 1. The summed E-state index contributed by atoms with van der Waals surface area (Å²) in [6.07, 6.45) is 9.41. The van der Waals surface area contributed by atoms with Crippen molar-refractivity contribution in [3.05, 3.63) is 53.6 Å². The summed E-state index contributed by atoms with van der Waals surface area (Å²) in [5.74, 6) is 0.409. The lowest BCUT2D eigenvalue weighted by molar-refractivity contribution is 0.102. The molecule has 3 aromatic rings. The summed E-state index contributed by atoms with van der Waals surface area (Å²) >= 11 is 0. The Balaban J connectivity index is 1.51. The van der Waals surface area contributed by atoms with Gasteiger partial charge in [0.05, 0.1) is 11.3 Å². The van der Waals surface area contributed by atoms with Gasteiger partial charge in [-0.05, 0) is 50.4 Å². The zero-order valence-electron chi connectivity index (χ0n) is 16.2. The Morgan fingerprint density at radius 1 is 1.32 bits per heavy atom. The van der Waals surface area contributed by atoms with Gasteiger partial charge in [-0.15, -0.1) is 0 Å². The van der Waals surface area contributed by atoms with Crippen LogP contribution in [0.5, 0.6) is 0 Å². The number of aromatic amines is 1. The highest BCUT2D eigenvalue weighted by Gasteiger charge is 2.24. The van der Waals surface area contributed by atoms with Gasteiger partial charge in [0.1, 0.15) is 0 Å². The molecule has 1 amide bonds. The highest BCUT2D eigenvalue weighted by atomic mass is 16.1. The van der Waals surface area contributed by atoms with Gasteiger partial charge in [0.25, 0.3) is 5.91 Å². The maximum atomic E-state index is 13.0. The van der Waals surface area contributed by atoms with Gasteiger partial charge in [0.15, 0.2) is 5.82 Å². The SMILES string of the molecule is CCNCCCn1ccc(NC(=O)c2c[nH]c3c2-c2ncccc2CCC3)n1. The molecule has 7 heteroatoms. The predicted molar refractivity (Wildman–Crippen MR) is 109 cm³/mol. The zero-order valence-corrected chi connectivity index (χ0v) is 16.2. The fourth-order valence-corrected chi connectivity index (χ4v) is 3.71. The van der Waals surface area contributed by atoms with Gasteiger partial charge in [-0.2, -0.15) is 5.10 Å². The minimum absolute atomic E-state index is 0.158. The summed E-state index contributed by atoms with van der Waals surface area (Å²) in [5, 5.41) is 10.7. The first-order valence-electron chi connectivity index (χ1n) is 9.96. The minimum Gasteiger partial charge on any atom is -0.364 e. The third-order valence-corrected chi connectivity index (χ3v) is 5.08. The smallest absolute Gasteiger partial charge is 0.259 e. The molecule has 0 atom stereocenters. The number of fused-ring (bicyclic) bond motifs is 3. The molecule has 0 fully saturated rings. The van der Waals surface area contributed by atoms with Crippen LogP contribution in [0.15, 0.2) is 36.8 Å². The standard InChI is InChI=1S/C21H26N6O/c1-2-22-10-5-12-27-13-9-18(26-27)25-21(28)16-14-24-17-8-3-6-15-7-4-11-23-20(15)19(16)17/h4,7,9,11,13-14,22,24H,2-3,5-6,8,10,12H2,1H3,(H,25,26,28). The summed E-state index contributed by atoms with van der Waals surface area (Å²) in [6, 6.07) is 5.89. The van der Waals surface area contributed by atoms with E-state index in [-0.39, 0.29) is 5.91 Å². The molecule has 4 rings (SSSR count). The molecule has 0 saturated heterocycles. The number of anilines is 1. The van der Waals surface area contributed by atoms with E-state index in [0.717, 1.165) is 62.3 Å². The highest BCUT2D eigenvalue weighted by Crippen LogP contribution is 2.33. The van der Waals surface area contributed by atoms with E-state index in [4.69, 9.17) is 0 Å².